The van der Waals surface area contributed by atoms with Crippen molar-refractivity contribution in [1.29, 1.82) is 0 Å². The molecule has 0 aliphatic rings. The summed E-state index contributed by atoms with van der Waals surface area (Å²) >= 11 is 0. The molecule has 18 heavy (non-hydrogen) atoms. The van der Waals surface area contributed by atoms with Crippen LogP contribution in [0.5, 0.6) is 0 Å². The van der Waals surface area contributed by atoms with Crippen molar-refractivity contribution >= 4 is 0 Å². The highest BCUT2D eigenvalue weighted by Crippen LogP contribution is 2.18. The Morgan fingerprint density at radius 3 is 2.28 bits per heavy atom. The van der Waals surface area contributed by atoms with Crippen LogP contribution in [0.4, 0.5) is 0 Å². The van der Waals surface area contributed by atoms with Crippen LogP contribution in [0.3, 0.4) is 0 Å². The van der Waals surface area contributed by atoms with Crippen LogP contribution in [0.2, 0.25) is 0 Å². The number of benzene rings is 1. The maximum atomic E-state index is 11.9. The number of aromatic amines is 1. The van der Waals surface area contributed by atoms with Crippen molar-refractivity contribution in [3.05, 3.63) is 50.9 Å². The van der Waals surface area contributed by atoms with Crippen LogP contribution in [-0.4, -0.2) is 9.97 Å². The first-order valence-electron chi connectivity index (χ1n) is 6.19. The van der Waals surface area contributed by atoms with Gasteiger partial charge in [-0.05, 0) is 39.3 Å². The van der Waals surface area contributed by atoms with Crippen molar-refractivity contribution in [2.75, 3.05) is 0 Å². The lowest BCUT2D eigenvalue weighted by atomic mass is 10.1. The second kappa shape index (κ2) is 4.77. The van der Waals surface area contributed by atoms with Crippen molar-refractivity contribution in [3.63, 3.8) is 0 Å². The average Bonchev–Trinajstić information content (AvgIpc) is 2.31. The fraction of sp³-hybridized carbons (Fsp3) is 0.333. The first kappa shape index (κ1) is 12.6. The summed E-state index contributed by atoms with van der Waals surface area (Å²) in [6.45, 7) is 7.92. The molecule has 1 N–H and O–H groups in total. The molecule has 1 aromatic heterocycles. The Morgan fingerprint density at radius 1 is 1.11 bits per heavy atom. The minimum atomic E-state index is -0.0454. The third kappa shape index (κ3) is 2.35. The molecule has 0 atom stereocenters. The molecule has 1 aromatic carbocycles. The highest BCUT2D eigenvalue weighted by atomic mass is 16.1. The summed E-state index contributed by atoms with van der Waals surface area (Å²) in [5.41, 5.74) is 4.85. The van der Waals surface area contributed by atoms with Gasteiger partial charge in [0.05, 0.1) is 5.69 Å². The van der Waals surface area contributed by atoms with E-state index in [4.69, 9.17) is 0 Å². The average molecular weight is 242 g/mol. The van der Waals surface area contributed by atoms with Crippen LogP contribution < -0.4 is 5.56 Å². The third-order valence-corrected chi connectivity index (χ3v) is 3.08. The van der Waals surface area contributed by atoms with Crippen LogP contribution in [0.25, 0.3) is 11.4 Å². The first-order chi connectivity index (χ1) is 8.51. The van der Waals surface area contributed by atoms with Crippen LogP contribution in [0, 0.1) is 20.8 Å². The lowest BCUT2D eigenvalue weighted by Gasteiger charge is -2.07. The molecule has 0 saturated carbocycles. The quantitative estimate of drug-likeness (QED) is 0.880. The number of H-pyrrole nitrogens is 1. The largest absolute Gasteiger partial charge is 0.306 e. The van der Waals surface area contributed by atoms with Crippen molar-refractivity contribution < 1.29 is 0 Å². The fourth-order valence-electron chi connectivity index (χ4n) is 2.17. The summed E-state index contributed by atoms with van der Waals surface area (Å²) in [4.78, 5) is 19.3. The normalized spacial score (nSPS) is 10.7. The summed E-state index contributed by atoms with van der Waals surface area (Å²) in [5, 5.41) is 0. The molecule has 1 heterocycles. The van der Waals surface area contributed by atoms with Crippen molar-refractivity contribution in [3.8, 4) is 11.4 Å². The van der Waals surface area contributed by atoms with Gasteiger partial charge in [0, 0.05) is 11.1 Å². The lowest BCUT2D eigenvalue weighted by Crippen LogP contribution is -2.15. The van der Waals surface area contributed by atoms with Crippen molar-refractivity contribution in [1.82, 2.24) is 9.97 Å². The molecular weight excluding hydrogens is 224 g/mol. The van der Waals surface area contributed by atoms with Gasteiger partial charge in [0.1, 0.15) is 5.82 Å². The molecule has 2 rings (SSSR count). The van der Waals surface area contributed by atoms with Gasteiger partial charge in [0.25, 0.3) is 5.56 Å². The smallest absolute Gasteiger partial charge is 0.254 e. The standard InChI is InChI=1S/C15H18N2O/c1-5-13-11(4)15(18)17-14(16-13)12-7-9(2)6-10(3)8-12/h6-8H,5H2,1-4H3,(H,16,17,18). The molecule has 0 fully saturated rings. The predicted octanol–water partition coefficient (Wildman–Crippen LogP) is 2.92. The number of nitrogens with one attached hydrogen (secondary N) is 1. The monoisotopic (exact) mass is 242 g/mol. The second-order valence-electron chi connectivity index (χ2n) is 4.72. The van der Waals surface area contributed by atoms with E-state index in [-0.39, 0.29) is 5.56 Å². The van der Waals surface area contributed by atoms with Gasteiger partial charge in [-0.1, -0.05) is 24.1 Å². The Hall–Kier alpha value is -1.90. The van der Waals surface area contributed by atoms with Crippen LogP contribution in [0.1, 0.15) is 29.3 Å². The van der Waals surface area contributed by atoms with Gasteiger partial charge in [-0.15, -0.1) is 0 Å². The van der Waals surface area contributed by atoms with Crippen LogP contribution in [-0.2, 0) is 6.42 Å². The molecule has 0 radical (unpaired) electrons. The zero-order chi connectivity index (χ0) is 13.3. The molecule has 0 aliphatic heterocycles. The predicted molar refractivity (Wildman–Crippen MR) is 73.9 cm³/mol. The van der Waals surface area contributed by atoms with E-state index in [9.17, 15) is 4.79 Å². The first-order valence-corrected chi connectivity index (χ1v) is 6.19. The van der Waals surface area contributed by atoms with Crippen LogP contribution >= 0.6 is 0 Å². The Labute approximate surface area is 107 Å². The molecule has 3 heteroatoms. The molecule has 0 unspecified atom stereocenters. The number of aryl methyl sites for hydroxylation is 3. The summed E-state index contributed by atoms with van der Waals surface area (Å²) in [6, 6.07) is 6.19. The van der Waals surface area contributed by atoms with Gasteiger partial charge >= 0.3 is 0 Å². The van der Waals surface area contributed by atoms with E-state index < -0.39 is 0 Å². The maximum Gasteiger partial charge on any atom is 0.254 e. The maximum absolute atomic E-state index is 11.9. The molecule has 0 aliphatic carbocycles. The molecule has 94 valence electrons. The van der Waals surface area contributed by atoms with Gasteiger partial charge < -0.3 is 4.98 Å². The van der Waals surface area contributed by atoms with Crippen LogP contribution in [0.15, 0.2) is 23.0 Å². The topological polar surface area (TPSA) is 45.8 Å². The molecule has 0 amide bonds. The zero-order valence-corrected chi connectivity index (χ0v) is 11.3. The number of nitrogens with zero attached hydrogens (tertiary/aromatic N) is 1. The second-order valence-corrected chi connectivity index (χ2v) is 4.72. The summed E-state index contributed by atoms with van der Waals surface area (Å²) < 4.78 is 0. The van der Waals surface area contributed by atoms with E-state index in [1.807, 2.05) is 39.8 Å². The number of aromatic nitrogens is 2. The SMILES string of the molecule is CCc1nc(-c2cc(C)cc(C)c2)[nH]c(=O)c1C. The Bertz CT molecular complexity index is 621. The molecular formula is C15H18N2O. The Kier molecular flexibility index (Phi) is 3.32. The van der Waals surface area contributed by atoms with E-state index >= 15 is 0 Å². The summed E-state index contributed by atoms with van der Waals surface area (Å²) in [7, 11) is 0. The molecule has 0 saturated heterocycles. The minimum absolute atomic E-state index is 0.0454. The Morgan fingerprint density at radius 2 is 1.72 bits per heavy atom. The van der Waals surface area contributed by atoms with E-state index in [2.05, 4.69) is 16.0 Å². The Balaban J connectivity index is 2.64. The van der Waals surface area contributed by atoms with Gasteiger partial charge in [0.15, 0.2) is 0 Å². The van der Waals surface area contributed by atoms with E-state index in [1.54, 1.807) is 0 Å². The van der Waals surface area contributed by atoms with Crippen molar-refractivity contribution in [2.24, 2.45) is 0 Å². The molecule has 2 aromatic rings. The van der Waals surface area contributed by atoms with E-state index in [1.165, 1.54) is 11.1 Å². The number of rotatable bonds is 2. The summed E-state index contributed by atoms with van der Waals surface area (Å²) in [6.07, 6.45) is 0.771. The highest BCUT2D eigenvalue weighted by molar-refractivity contribution is 5.57. The summed E-state index contributed by atoms with van der Waals surface area (Å²) in [5.74, 6) is 0.661. The third-order valence-electron chi connectivity index (χ3n) is 3.08. The van der Waals surface area contributed by atoms with Gasteiger partial charge in [-0.25, -0.2) is 4.98 Å². The fourth-order valence-corrected chi connectivity index (χ4v) is 2.17. The minimum Gasteiger partial charge on any atom is -0.306 e. The molecule has 3 nitrogen and oxygen atoms in total. The highest BCUT2D eigenvalue weighted by Gasteiger charge is 2.08. The molecule has 0 spiro atoms. The van der Waals surface area contributed by atoms with E-state index in [0.717, 1.165) is 17.7 Å². The van der Waals surface area contributed by atoms with Crippen molar-refractivity contribution in [2.45, 2.75) is 34.1 Å². The lowest BCUT2D eigenvalue weighted by molar-refractivity contribution is 0.954. The number of hydrogen-bond acceptors (Lipinski definition) is 2. The zero-order valence-electron chi connectivity index (χ0n) is 11.3. The van der Waals surface area contributed by atoms with Gasteiger partial charge in [0.2, 0.25) is 0 Å². The number of hydrogen-bond donors (Lipinski definition) is 1. The molecule has 0 bridgehead atoms. The van der Waals surface area contributed by atoms with Gasteiger partial charge in [-0.2, -0.15) is 0 Å². The van der Waals surface area contributed by atoms with Gasteiger partial charge in [-0.3, -0.25) is 4.79 Å². The van der Waals surface area contributed by atoms with E-state index in [0.29, 0.717) is 11.4 Å².